The van der Waals surface area contributed by atoms with E-state index in [1.165, 1.54) is 0 Å². The number of hydrogen-bond donors (Lipinski definition) is 2. The fraction of sp³-hybridized carbons (Fsp3) is 0.500. The van der Waals surface area contributed by atoms with Crippen LogP contribution in [0.4, 0.5) is 0 Å². The molecule has 3 N–H and O–H groups in total. The number of carbonyl (C=O) groups excluding carboxylic acids is 1. The highest BCUT2D eigenvalue weighted by Crippen LogP contribution is 2.10. The van der Waals surface area contributed by atoms with Gasteiger partial charge < -0.3 is 11.1 Å². The van der Waals surface area contributed by atoms with E-state index in [0.717, 1.165) is 5.56 Å². The molecule has 0 spiro atoms. The fourth-order valence-corrected chi connectivity index (χ4v) is 1.33. The van der Waals surface area contributed by atoms with Crippen LogP contribution in [0.2, 0.25) is 0 Å². The predicted molar refractivity (Wildman–Crippen MR) is 63.6 cm³/mol. The van der Waals surface area contributed by atoms with Gasteiger partial charge in [0, 0.05) is 12.4 Å². The molecule has 1 aromatic heterocycles. The van der Waals surface area contributed by atoms with E-state index in [-0.39, 0.29) is 17.9 Å². The van der Waals surface area contributed by atoms with E-state index in [1.54, 1.807) is 12.4 Å². The Hall–Kier alpha value is -1.42. The van der Waals surface area contributed by atoms with Crippen LogP contribution in [0, 0.1) is 5.92 Å². The standard InChI is InChI=1S/C12H19N3O/c1-8(2)11(13)12(16)15-9(3)10-5-4-6-14-7-10/h4-9,11H,13H2,1-3H3,(H,15,16)/t9?,11-/m0/s1. The maximum Gasteiger partial charge on any atom is 0.237 e. The first kappa shape index (κ1) is 12.6. The van der Waals surface area contributed by atoms with E-state index in [0.29, 0.717) is 0 Å². The minimum absolute atomic E-state index is 0.0639. The molecule has 0 saturated carbocycles. The van der Waals surface area contributed by atoms with Crippen LogP contribution in [0.25, 0.3) is 0 Å². The van der Waals surface area contributed by atoms with Crippen molar-refractivity contribution in [1.29, 1.82) is 0 Å². The molecule has 0 saturated heterocycles. The van der Waals surface area contributed by atoms with Crippen molar-refractivity contribution >= 4 is 5.91 Å². The normalized spacial score (nSPS) is 14.6. The summed E-state index contributed by atoms with van der Waals surface area (Å²) in [7, 11) is 0. The summed E-state index contributed by atoms with van der Waals surface area (Å²) in [5.41, 5.74) is 6.74. The van der Waals surface area contributed by atoms with E-state index in [4.69, 9.17) is 5.73 Å². The third kappa shape index (κ3) is 3.31. The molecule has 0 fully saturated rings. The molecule has 1 amide bonds. The average Bonchev–Trinajstić information content (AvgIpc) is 2.28. The zero-order valence-corrected chi connectivity index (χ0v) is 9.97. The Balaban J connectivity index is 2.58. The molecule has 0 bridgehead atoms. The quantitative estimate of drug-likeness (QED) is 0.803. The Morgan fingerprint density at radius 1 is 1.44 bits per heavy atom. The van der Waals surface area contributed by atoms with Gasteiger partial charge in [0.15, 0.2) is 0 Å². The molecule has 1 unspecified atom stereocenters. The number of hydrogen-bond acceptors (Lipinski definition) is 3. The number of amides is 1. The summed E-state index contributed by atoms with van der Waals surface area (Å²) in [4.78, 5) is 15.7. The molecular weight excluding hydrogens is 202 g/mol. The lowest BCUT2D eigenvalue weighted by Crippen LogP contribution is -2.44. The molecule has 1 aromatic rings. The van der Waals surface area contributed by atoms with Crippen molar-refractivity contribution in [2.45, 2.75) is 32.9 Å². The van der Waals surface area contributed by atoms with E-state index in [1.807, 2.05) is 32.9 Å². The first-order valence-electron chi connectivity index (χ1n) is 5.48. The Morgan fingerprint density at radius 2 is 2.12 bits per heavy atom. The summed E-state index contributed by atoms with van der Waals surface area (Å²) >= 11 is 0. The molecule has 0 aliphatic heterocycles. The minimum Gasteiger partial charge on any atom is -0.348 e. The van der Waals surface area contributed by atoms with E-state index in [2.05, 4.69) is 10.3 Å². The molecule has 0 aromatic carbocycles. The Kier molecular flexibility index (Phi) is 4.43. The van der Waals surface area contributed by atoms with Crippen LogP contribution in [0.5, 0.6) is 0 Å². The molecule has 1 heterocycles. The van der Waals surface area contributed by atoms with Crippen molar-refractivity contribution in [3.8, 4) is 0 Å². The monoisotopic (exact) mass is 221 g/mol. The van der Waals surface area contributed by atoms with E-state index >= 15 is 0 Å². The van der Waals surface area contributed by atoms with Crippen molar-refractivity contribution in [2.24, 2.45) is 11.7 Å². The van der Waals surface area contributed by atoms with Crippen LogP contribution in [-0.4, -0.2) is 16.9 Å². The number of carbonyl (C=O) groups is 1. The molecule has 1 rings (SSSR count). The lowest BCUT2D eigenvalue weighted by atomic mass is 10.0. The van der Waals surface area contributed by atoms with Crippen molar-refractivity contribution in [1.82, 2.24) is 10.3 Å². The van der Waals surface area contributed by atoms with Crippen LogP contribution in [0.1, 0.15) is 32.4 Å². The molecule has 0 aliphatic carbocycles. The van der Waals surface area contributed by atoms with Gasteiger partial charge in [-0.2, -0.15) is 0 Å². The van der Waals surface area contributed by atoms with Crippen molar-refractivity contribution in [3.05, 3.63) is 30.1 Å². The number of rotatable bonds is 4. The van der Waals surface area contributed by atoms with Gasteiger partial charge in [-0.3, -0.25) is 9.78 Å². The minimum atomic E-state index is -0.459. The number of nitrogens with zero attached hydrogens (tertiary/aromatic N) is 1. The van der Waals surface area contributed by atoms with Crippen LogP contribution >= 0.6 is 0 Å². The van der Waals surface area contributed by atoms with E-state index < -0.39 is 6.04 Å². The Labute approximate surface area is 96.3 Å². The van der Waals surface area contributed by atoms with Crippen molar-refractivity contribution in [2.75, 3.05) is 0 Å². The largest absolute Gasteiger partial charge is 0.348 e. The maximum atomic E-state index is 11.7. The van der Waals surface area contributed by atoms with Gasteiger partial charge in [0.2, 0.25) is 5.91 Å². The highest BCUT2D eigenvalue weighted by atomic mass is 16.2. The zero-order chi connectivity index (χ0) is 12.1. The molecular formula is C12H19N3O. The van der Waals surface area contributed by atoms with Gasteiger partial charge in [-0.1, -0.05) is 19.9 Å². The summed E-state index contributed by atoms with van der Waals surface area (Å²) in [6, 6.07) is 3.25. The molecule has 0 aliphatic rings. The maximum absolute atomic E-state index is 11.7. The molecule has 2 atom stereocenters. The third-order valence-electron chi connectivity index (χ3n) is 2.56. The third-order valence-corrected chi connectivity index (χ3v) is 2.56. The smallest absolute Gasteiger partial charge is 0.237 e. The highest BCUT2D eigenvalue weighted by Gasteiger charge is 2.19. The second-order valence-corrected chi connectivity index (χ2v) is 4.29. The Bertz CT molecular complexity index is 337. The summed E-state index contributed by atoms with van der Waals surface area (Å²) in [5, 5.41) is 2.87. The average molecular weight is 221 g/mol. The summed E-state index contributed by atoms with van der Waals surface area (Å²) in [6.45, 7) is 5.78. The fourth-order valence-electron chi connectivity index (χ4n) is 1.33. The topological polar surface area (TPSA) is 68.0 Å². The molecule has 88 valence electrons. The van der Waals surface area contributed by atoms with Gasteiger partial charge in [0.05, 0.1) is 12.1 Å². The van der Waals surface area contributed by atoms with Gasteiger partial charge in [0.25, 0.3) is 0 Å². The summed E-state index contributed by atoms with van der Waals surface area (Å²) in [6.07, 6.45) is 3.45. The van der Waals surface area contributed by atoms with Crippen LogP contribution < -0.4 is 11.1 Å². The highest BCUT2D eigenvalue weighted by molar-refractivity contribution is 5.82. The summed E-state index contributed by atoms with van der Waals surface area (Å²) < 4.78 is 0. The predicted octanol–water partition coefficient (Wildman–Crippen LogP) is 1.24. The summed E-state index contributed by atoms with van der Waals surface area (Å²) in [5.74, 6) is 0.0208. The molecule has 4 nitrogen and oxygen atoms in total. The van der Waals surface area contributed by atoms with Crippen LogP contribution in [0.3, 0.4) is 0 Å². The zero-order valence-electron chi connectivity index (χ0n) is 9.97. The van der Waals surface area contributed by atoms with Gasteiger partial charge >= 0.3 is 0 Å². The van der Waals surface area contributed by atoms with Crippen molar-refractivity contribution < 1.29 is 4.79 Å². The number of nitrogens with one attached hydrogen (secondary N) is 1. The van der Waals surface area contributed by atoms with Gasteiger partial charge in [-0.15, -0.1) is 0 Å². The molecule has 0 radical (unpaired) electrons. The number of nitrogens with two attached hydrogens (primary N) is 1. The van der Waals surface area contributed by atoms with Gasteiger partial charge in [0.1, 0.15) is 0 Å². The van der Waals surface area contributed by atoms with Crippen LogP contribution in [-0.2, 0) is 4.79 Å². The first-order chi connectivity index (χ1) is 7.52. The first-order valence-corrected chi connectivity index (χ1v) is 5.48. The van der Waals surface area contributed by atoms with Crippen molar-refractivity contribution in [3.63, 3.8) is 0 Å². The second kappa shape index (κ2) is 5.61. The second-order valence-electron chi connectivity index (χ2n) is 4.29. The van der Waals surface area contributed by atoms with Gasteiger partial charge in [-0.25, -0.2) is 0 Å². The molecule has 4 heteroatoms. The molecule has 16 heavy (non-hydrogen) atoms. The lowest BCUT2D eigenvalue weighted by molar-refractivity contribution is -0.123. The van der Waals surface area contributed by atoms with Gasteiger partial charge in [-0.05, 0) is 24.5 Å². The SMILES string of the molecule is CC(NC(=O)[C@@H](N)C(C)C)c1cccnc1. The lowest BCUT2D eigenvalue weighted by Gasteiger charge is -2.19. The number of pyridine rings is 1. The van der Waals surface area contributed by atoms with E-state index in [9.17, 15) is 4.79 Å². The number of aromatic nitrogens is 1. The Morgan fingerprint density at radius 3 is 2.62 bits per heavy atom. The van der Waals surface area contributed by atoms with Crippen LogP contribution in [0.15, 0.2) is 24.5 Å².